The van der Waals surface area contributed by atoms with Crippen molar-refractivity contribution < 1.29 is 8.42 Å². The summed E-state index contributed by atoms with van der Waals surface area (Å²) in [7, 11) is -1.70. The summed E-state index contributed by atoms with van der Waals surface area (Å²) in [5.74, 6) is 0. The quantitative estimate of drug-likeness (QED) is 0.892. The molecule has 1 unspecified atom stereocenters. The van der Waals surface area contributed by atoms with Crippen LogP contribution in [-0.4, -0.2) is 15.5 Å². The van der Waals surface area contributed by atoms with E-state index in [0.717, 1.165) is 10.6 Å². The lowest BCUT2D eigenvalue weighted by Crippen LogP contribution is -2.26. The van der Waals surface area contributed by atoms with Crippen LogP contribution in [0.2, 0.25) is 0 Å². The standard InChI is InChI=1S/C14H18N2O2S2/c1-10-4-9-14(19-10)11(2)16-20(17,18)13-7-5-12(15-3)6-8-13/h4-9,11,15-16H,1-3H3. The fraction of sp³-hybridized carbons (Fsp3) is 0.286. The molecule has 1 atom stereocenters. The van der Waals surface area contributed by atoms with E-state index in [4.69, 9.17) is 0 Å². The molecule has 0 saturated heterocycles. The molecule has 0 bridgehead atoms. The molecule has 0 spiro atoms. The number of anilines is 1. The highest BCUT2D eigenvalue weighted by Crippen LogP contribution is 2.24. The Kier molecular flexibility index (Phi) is 4.47. The Labute approximate surface area is 123 Å². The summed E-state index contributed by atoms with van der Waals surface area (Å²) in [5.41, 5.74) is 0.880. The second-order valence-electron chi connectivity index (χ2n) is 4.57. The molecule has 0 aliphatic heterocycles. The second kappa shape index (κ2) is 5.95. The normalized spacial score (nSPS) is 13.2. The molecule has 108 valence electrons. The first kappa shape index (κ1) is 15.0. The summed E-state index contributed by atoms with van der Waals surface area (Å²) in [6, 6.07) is 10.4. The van der Waals surface area contributed by atoms with Gasteiger partial charge in [0.2, 0.25) is 10.0 Å². The van der Waals surface area contributed by atoms with Gasteiger partial charge in [0.25, 0.3) is 0 Å². The van der Waals surface area contributed by atoms with E-state index >= 15 is 0 Å². The van der Waals surface area contributed by atoms with Gasteiger partial charge >= 0.3 is 0 Å². The molecule has 6 heteroatoms. The third-order valence-corrected chi connectivity index (χ3v) is 5.71. The van der Waals surface area contributed by atoms with E-state index in [1.165, 1.54) is 4.88 Å². The fourth-order valence-electron chi connectivity index (χ4n) is 1.85. The predicted octanol–water partition coefficient (Wildman–Crippen LogP) is 3.14. The first-order valence-corrected chi connectivity index (χ1v) is 8.59. The average Bonchev–Trinajstić information content (AvgIpc) is 2.85. The minimum absolute atomic E-state index is 0.234. The van der Waals surface area contributed by atoms with Crippen LogP contribution in [0.5, 0.6) is 0 Å². The van der Waals surface area contributed by atoms with Crippen molar-refractivity contribution in [3.05, 3.63) is 46.2 Å². The van der Waals surface area contributed by atoms with E-state index in [-0.39, 0.29) is 10.9 Å². The Hall–Kier alpha value is -1.37. The largest absolute Gasteiger partial charge is 0.388 e. The first-order valence-electron chi connectivity index (χ1n) is 6.29. The maximum atomic E-state index is 12.3. The molecular weight excluding hydrogens is 292 g/mol. The molecular formula is C14H18N2O2S2. The van der Waals surface area contributed by atoms with Gasteiger partial charge in [0.1, 0.15) is 0 Å². The molecule has 0 fully saturated rings. The van der Waals surface area contributed by atoms with Crippen molar-refractivity contribution in [3.8, 4) is 0 Å². The lowest BCUT2D eigenvalue weighted by Gasteiger charge is -2.13. The van der Waals surface area contributed by atoms with Crippen LogP contribution < -0.4 is 10.0 Å². The summed E-state index contributed by atoms with van der Waals surface area (Å²) < 4.78 is 27.3. The summed E-state index contributed by atoms with van der Waals surface area (Å²) in [4.78, 5) is 2.46. The van der Waals surface area contributed by atoms with Crippen molar-refractivity contribution in [2.75, 3.05) is 12.4 Å². The lowest BCUT2D eigenvalue weighted by molar-refractivity contribution is 0.568. The maximum Gasteiger partial charge on any atom is 0.241 e. The molecule has 2 rings (SSSR count). The van der Waals surface area contributed by atoms with Crippen molar-refractivity contribution >= 4 is 27.0 Å². The Bertz CT molecular complexity index is 675. The van der Waals surface area contributed by atoms with Crippen LogP contribution >= 0.6 is 11.3 Å². The summed E-state index contributed by atoms with van der Waals surface area (Å²) in [5, 5.41) is 2.96. The molecule has 0 amide bonds. The van der Waals surface area contributed by atoms with E-state index in [1.807, 2.05) is 26.0 Å². The van der Waals surface area contributed by atoms with E-state index < -0.39 is 10.0 Å². The Balaban J connectivity index is 2.17. The molecule has 0 saturated carbocycles. The molecule has 1 aromatic heterocycles. The van der Waals surface area contributed by atoms with Crippen LogP contribution in [0.25, 0.3) is 0 Å². The summed E-state index contributed by atoms with van der Waals surface area (Å²) in [6.45, 7) is 3.86. The smallest absolute Gasteiger partial charge is 0.241 e. The first-order chi connectivity index (χ1) is 9.42. The van der Waals surface area contributed by atoms with E-state index in [0.29, 0.717) is 0 Å². The zero-order valence-electron chi connectivity index (χ0n) is 11.7. The molecule has 2 aromatic rings. The number of rotatable bonds is 5. The van der Waals surface area contributed by atoms with Crippen LogP contribution in [0.3, 0.4) is 0 Å². The van der Waals surface area contributed by atoms with Crippen molar-refractivity contribution in [3.63, 3.8) is 0 Å². The summed E-state index contributed by atoms with van der Waals surface area (Å²) >= 11 is 1.60. The minimum Gasteiger partial charge on any atom is -0.388 e. The van der Waals surface area contributed by atoms with Crippen molar-refractivity contribution in [2.45, 2.75) is 24.8 Å². The van der Waals surface area contributed by atoms with Gasteiger partial charge in [0.05, 0.1) is 10.9 Å². The third kappa shape index (κ3) is 3.39. The van der Waals surface area contributed by atoms with Gasteiger partial charge in [0.15, 0.2) is 0 Å². The Morgan fingerprint density at radius 2 is 1.75 bits per heavy atom. The molecule has 1 heterocycles. The van der Waals surface area contributed by atoms with Crippen molar-refractivity contribution in [1.82, 2.24) is 4.72 Å². The number of nitrogens with one attached hydrogen (secondary N) is 2. The molecule has 2 N–H and O–H groups in total. The number of hydrogen-bond donors (Lipinski definition) is 2. The lowest BCUT2D eigenvalue weighted by atomic mass is 10.3. The van der Waals surface area contributed by atoms with Crippen LogP contribution in [0.4, 0.5) is 5.69 Å². The molecule has 0 radical (unpaired) electrons. The SMILES string of the molecule is CNc1ccc(S(=O)(=O)NC(C)c2ccc(C)s2)cc1. The van der Waals surface area contributed by atoms with Gasteiger partial charge in [-0.25, -0.2) is 13.1 Å². The van der Waals surface area contributed by atoms with Crippen molar-refractivity contribution in [2.24, 2.45) is 0 Å². The van der Waals surface area contributed by atoms with Gasteiger partial charge < -0.3 is 5.32 Å². The maximum absolute atomic E-state index is 12.3. The van der Waals surface area contributed by atoms with Gasteiger partial charge in [-0.15, -0.1) is 11.3 Å². The van der Waals surface area contributed by atoms with Crippen LogP contribution in [0.1, 0.15) is 22.7 Å². The van der Waals surface area contributed by atoms with Crippen LogP contribution in [0, 0.1) is 6.92 Å². The predicted molar refractivity (Wildman–Crippen MR) is 83.8 cm³/mol. The zero-order chi connectivity index (χ0) is 14.8. The van der Waals surface area contributed by atoms with E-state index in [1.54, 1.807) is 42.6 Å². The molecule has 20 heavy (non-hydrogen) atoms. The highest BCUT2D eigenvalue weighted by Gasteiger charge is 2.19. The number of aryl methyl sites for hydroxylation is 1. The monoisotopic (exact) mass is 310 g/mol. The molecule has 1 aromatic carbocycles. The highest BCUT2D eigenvalue weighted by molar-refractivity contribution is 7.89. The highest BCUT2D eigenvalue weighted by atomic mass is 32.2. The van der Waals surface area contributed by atoms with Gasteiger partial charge in [0, 0.05) is 22.5 Å². The van der Waals surface area contributed by atoms with Crippen molar-refractivity contribution in [1.29, 1.82) is 0 Å². The Morgan fingerprint density at radius 1 is 1.10 bits per heavy atom. The van der Waals surface area contributed by atoms with E-state index in [2.05, 4.69) is 10.0 Å². The number of hydrogen-bond acceptors (Lipinski definition) is 4. The second-order valence-corrected chi connectivity index (χ2v) is 7.60. The molecule has 0 aliphatic carbocycles. The summed E-state index contributed by atoms with van der Waals surface area (Å²) in [6.07, 6.45) is 0. The topological polar surface area (TPSA) is 58.2 Å². The fourth-order valence-corrected chi connectivity index (χ4v) is 4.02. The minimum atomic E-state index is -3.49. The number of benzene rings is 1. The number of thiophene rings is 1. The van der Waals surface area contributed by atoms with Gasteiger partial charge in [-0.2, -0.15) is 0 Å². The number of sulfonamides is 1. The van der Waals surface area contributed by atoms with Crippen LogP contribution in [-0.2, 0) is 10.0 Å². The van der Waals surface area contributed by atoms with Gasteiger partial charge in [-0.3, -0.25) is 0 Å². The zero-order valence-corrected chi connectivity index (χ0v) is 13.3. The third-order valence-electron chi connectivity index (χ3n) is 2.97. The van der Waals surface area contributed by atoms with Gasteiger partial charge in [-0.1, -0.05) is 0 Å². The van der Waals surface area contributed by atoms with E-state index in [9.17, 15) is 8.42 Å². The molecule has 4 nitrogen and oxygen atoms in total. The molecule has 0 aliphatic rings. The average molecular weight is 310 g/mol. The van der Waals surface area contributed by atoms with Gasteiger partial charge in [-0.05, 0) is 50.2 Å². The van der Waals surface area contributed by atoms with Crippen LogP contribution in [0.15, 0.2) is 41.3 Å². The Morgan fingerprint density at radius 3 is 2.25 bits per heavy atom.